The topological polar surface area (TPSA) is 120 Å². The fourth-order valence-electron chi connectivity index (χ4n) is 2.46. The van der Waals surface area contributed by atoms with Crippen LogP contribution in [0.1, 0.15) is 22.3 Å². The Kier molecular flexibility index (Phi) is 7.11. The van der Waals surface area contributed by atoms with Gasteiger partial charge in [0.25, 0.3) is 12.4 Å². The molecule has 27 heavy (non-hydrogen) atoms. The van der Waals surface area contributed by atoms with E-state index in [0.29, 0.717) is 31.1 Å². The van der Waals surface area contributed by atoms with E-state index in [9.17, 15) is 13.6 Å². The highest BCUT2D eigenvalue weighted by Crippen LogP contribution is 2.22. The van der Waals surface area contributed by atoms with E-state index in [4.69, 9.17) is 14.6 Å². The van der Waals surface area contributed by atoms with Crippen LogP contribution in [0.3, 0.4) is 0 Å². The molecule has 1 unspecified atom stereocenters. The standard InChI is InChI=1S/C14H15F2N5O3.CH2O2/c1-20-12(17-18-19-20)11-8-21(6-7-23-11)13(22)9-2-4-10(5-3-9)24-14(15)16;2-1-3/h2-5,11,14H,6-8H2,1H3;1H,(H,2,3). The van der Waals surface area contributed by atoms with Crippen molar-refractivity contribution < 1.29 is 33.0 Å². The number of rotatable bonds is 4. The monoisotopic (exact) mass is 385 g/mol. The van der Waals surface area contributed by atoms with Crippen LogP contribution in [0, 0.1) is 0 Å². The van der Waals surface area contributed by atoms with Crippen molar-refractivity contribution in [1.82, 2.24) is 25.1 Å². The molecule has 1 N–H and O–H groups in total. The number of aryl methyl sites for hydroxylation is 1. The first-order chi connectivity index (χ1) is 13.0. The molecular weight excluding hydrogens is 368 g/mol. The van der Waals surface area contributed by atoms with Crippen molar-refractivity contribution in [3.05, 3.63) is 35.7 Å². The fourth-order valence-corrected chi connectivity index (χ4v) is 2.46. The number of carbonyl (C=O) groups is 2. The van der Waals surface area contributed by atoms with Gasteiger partial charge in [0.2, 0.25) is 0 Å². The lowest BCUT2D eigenvalue weighted by molar-refractivity contribution is -0.122. The van der Waals surface area contributed by atoms with E-state index < -0.39 is 12.7 Å². The molecule has 1 aromatic heterocycles. The van der Waals surface area contributed by atoms with Crippen molar-refractivity contribution in [3.63, 3.8) is 0 Å². The summed E-state index contributed by atoms with van der Waals surface area (Å²) in [5, 5.41) is 18.1. The van der Waals surface area contributed by atoms with Gasteiger partial charge in [-0.1, -0.05) is 0 Å². The molecule has 0 bridgehead atoms. The molecule has 3 rings (SSSR count). The second-order valence-corrected chi connectivity index (χ2v) is 5.28. The lowest BCUT2D eigenvalue weighted by Gasteiger charge is -2.32. The number of halogens is 2. The summed E-state index contributed by atoms with van der Waals surface area (Å²) in [7, 11) is 1.70. The first kappa shape index (κ1) is 20.2. The maximum atomic E-state index is 12.6. The maximum Gasteiger partial charge on any atom is 0.387 e. The highest BCUT2D eigenvalue weighted by molar-refractivity contribution is 5.94. The molecule has 2 aromatic rings. The molecule has 1 aromatic carbocycles. The van der Waals surface area contributed by atoms with E-state index in [2.05, 4.69) is 20.3 Å². The summed E-state index contributed by atoms with van der Waals surface area (Å²) in [5.41, 5.74) is 0.383. The SMILES string of the molecule is Cn1nnnc1C1CN(C(=O)c2ccc(OC(F)F)cc2)CCO1.O=CO. The predicted octanol–water partition coefficient (Wildman–Crippen LogP) is 0.726. The van der Waals surface area contributed by atoms with Crippen LogP contribution in [-0.2, 0) is 16.6 Å². The Bertz CT molecular complexity index is 755. The molecule has 10 nitrogen and oxygen atoms in total. The molecule has 12 heteroatoms. The molecule has 0 radical (unpaired) electrons. The molecule has 0 saturated carbocycles. The van der Waals surface area contributed by atoms with Gasteiger partial charge in [-0.25, -0.2) is 4.68 Å². The van der Waals surface area contributed by atoms with Crippen molar-refractivity contribution in [2.75, 3.05) is 19.7 Å². The van der Waals surface area contributed by atoms with Crippen molar-refractivity contribution >= 4 is 12.4 Å². The van der Waals surface area contributed by atoms with Crippen LogP contribution in [0.4, 0.5) is 8.78 Å². The van der Waals surface area contributed by atoms with Gasteiger partial charge in [0, 0.05) is 19.2 Å². The third-order valence-corrected chi connectivity index (χ3v) is 3.62. The minimum absolute atomic E-state index is 0.00608. The molecule has 0 aliphatic carbocycles. The van der Waals surface area contributed by atoms with E-state index in [0.717, 1.165) is 0 Å². The smallest absolute Gasteiger partial charge is 0.387 e. The number of tetrazole rings is 1. The van der Waals surface area contributed by atoms with E-state index in [1.165, 1.54) is 28.9 Å². The molecule has 1 fully saturated rings. The second-order valence-electron chi connectivity index (χ2n) is 5.28. The number of hydrogen-bond donors (Lipinski definition) is 1. The molecule has 2 heterocycles. The number of ether oxygens (including phenoxy) is 2. The van der Waals surface area contributed by atoms with Crippen molar-refractivity contribution in [1.29, 1.82) is 0 Å². The summed E-state index contributed by atoms with van der Waals surface area (Å²) < 4.78 is 35.7. The van der Waals surface area contributed by atoms with Gasteiger partial charge >= 0.3 is 6.61 Å². The summed E-state index contributed by atoms with van der Waals surface area (Å²) in [4.78, 5) is 22.5. The van der Waals surface area contributed by atoms with Gasteiger partial charge in [-0.2, -0.15) is 8.78 Å². The van der Waals surface area contributed by atoms with Crippen LogP contribution < -0.4 is 4.74 Å². The van der Waals surface area contributed by atoms with E-state index in [1.807, 2.05) is 0 Å². The average Bonchev–Trinajstić information content (AvgIpc) is 3.08. The maximum absolute atomic E-state index is 12.6. The zero-order valence-electron chi connectivity index (χ0n) is 14.2. The van der Waals surface area contributed by atoms with Crippen LogP contribution in [0.15, 0.2) is 24.3 Å². The van der Waals surface area contributed by atoms with Crippen molar-refractivity contribution in [2.45, 2.75) is 12.7 Å². The Hall–Kier alpha value is -3.15. The fraction of sp³-hybridized carbons (Fsp3) is 0.400. The lowest BCUT2D eigenvalue weighted by Crippen LogP contribution is -2.42. The van der Waals surface area contributed by atoms with Crippen LogP contribution in [0.25, 0.3) is 0 Å². The molecule has 146 valence electrons. The van der Waals surface area contributed by atoms with Crippen molar-refractivity contribution in [2.24, 2.45) is 7.05 Å². The van der Waals surface area contributed by atoms with Crippen LogP contribution >= 0.6 is 0 Å². The van der Waals surface area contributed by atoms with Crippen LogP contribution in [0.2, 0.25) is 0 Å². The number of benzene rings is 1. The molecule has 1 saturated heterocycles. The highest BCUT2D eigenvalue weighted by atomic mass is 19.3. The first-order valence-electron chi connectivity index (χ1n) is 7.72. The number of amides is 1. The number of aromatic nitrogens is 4. The number of alkyl halides is 2. The van der Waals surface area contributed by atoms with Gasteiger partial charge in [0.15, 0.2) is 5.82 Å². The number of hydrogen-bond acceptors (Lipinski definition) is 7. The Morgan fingerprint density at radius 1 is 1.41 bits per heavy atom. The number of carboxylic acid groups (broad SMARTS) is 1. The van der Waals surface area contributed by atoms with Gasteiger partial charge in [-0.3, -0.25) is 9.59 Å². The van der Waals surface area contributed by atoms with Gasteiger partial charge in [-0.15, -0.1) is 5.10 Å². The molecule has 1 aliphatic heterocycles. The molecule has 0 spiro atoms. The Morgan fingerprint density at radius 2 is 2.07 bits per heavy atom. The zero-order chi connectivity index (χ0) is 19.8. The zero-order valence-corrected chi connectivity index (χ0v) is 14.2. The largest absolute Gasteiger partial charge is 0.483 e. The third-order valence-electron chi connectivity index (χ3n) is 3.62. The average molecular weight is 385 g/mol. The Balaban J connectivity index is 0.000000817. The quantitative estimate of drug-likeness (QED) is 0.765. The normalized spacial score (nSPS) is 16.4. The predicted molar refractivity (Wildman–Crippen MR) is 85.2 cm³/mol. The molecule has 1 amide bonds. The Labute approximate surface area is 152 Å². The second kappa shape index (κ2) is 9.52. The van der Waals surface area contributed by atoms with Gasteiger partial charge in [-0.05, 0) is 34.7 Å². The highest BCUT2D eigenvalue weighted by Gasteiger charge is 2.29. The summed E-state index contributed by atoms with van der Waals surface area (Å²) in [6, 6.07) is 5.58. The van der Waals surface area contributed by atoms with E-state index in [-0.39, 0.29) is 18.1 Å². The Morgan fingerprint density at radius 3 is 2.63 bits per heavy atom. The van der Waals surface area contributed by atoms with Gasteiger partial charge < -0.3 is 19.5 Å². The minimum Gasteiger partial charge on any atom is -0.483 e. The van der Waals surface area contributed by atoms with Gasteiger partial charge in [0.1, 0.15) is 11.9 Å². The van der Waals surface area contributed by atoms with Crippen molar-refractivity contribution in [3.8, 4) is 5.75 Å². The lowest BCUT2D eigenvalue weighted by atomic mass is 10.1. The number of morpholine rings is 1. The number of carbonyl (C=O) groups excluding carboxylic acids is 1. The van der Waals surface area contributed by atoms with Crippen LogP contribution in [-0.4, -0.2) is 68.9 Å². The summed E-state index contributed by atoms with van der Waals surface area (Å²) in [6.07, 6.45) is -0.413. The van der Waals surface area contributed by atoms with E-state index >= 15 is 0 Å². The summed E-state index contributed by atoms with van der Waals surface area (Å²) >= 11 is 0. The first-order valence-corrected chi connectivity index (χ1v) is 7.72. The molecular formula is C15H17F2N5O5. The van der Waals surface area contributed by atoms with E-state index in [1.54, 1.807) is 11.9 Å². The summed E-state index contributed by atoms with van der Waals surface area (Å²) in [6.45, 7) is -2.06. The summed E-state index contributed by atoms with van der Waals surface area (Å²) in [5.74, 6) is 0.321. The van der Waals surface area contributed by atoms with Crippen LogP contribution in [0.5, 0.6) is 5.75 Å². The molecule has 1 atom stereocenters. The minimum atomic E-state index is -2.90. The number of nitrogens with zero attached hydrogens (tertiary/aromatic N) is 5. The molecule has 1 aliphatic rings. The van der Waals surface area contributed by atoms with Gasteiger partial charge in [0.05, 0.1) is 13.2 Å². The third kappa shape index (κ3) is 5.41.